The van der Waals surface area contributed by atoms with Crippen molar-refractivity contribution in [2.75, 3.05) is 14.2 Å². The van der Waals surface area contributed by atoms with Crippen molar-refractivity contribution in [3.63, 3.8) is 0 Å². The maximum absolute atomic E-state index is 12.3. The normalized spacial score (nSPS) is 13.1. The van der Waals surface area contributed by atoms with Crippen LogP contribution in [0.25, 0.3) is 16.9 Å². The molecule has 272 valence electrons. The Kier molecular flexibility index (Phi) is 22.1. The maximum atomic E-state index is 12.3. The molecule has 0 spiro atoms. The number of unbranched alkanes of at least 4 members (excludes halogenated alkanes) is 7. The molecule has 0 bridgehead atoms. The van der Waals surface area contributed by atoms with Gasteiger partial charge in [-0.2, -0.15) is 0 Å². The van der Waals surface area contributed by atoms with E-state index in [0.717, 1.165) is 62.8 Å². The van der Waals surface area contributed by atoms with Gasteiger partial charge in [-0.3, -0.25) is 0 Å². The summed E-state index contributed by atoms with van der Waals surface area (Å²) < 4.78 is 10.7. The van der Waals surface area contributed by atoms with Crippen LogP contribution in [-0.4, -0.2) is 18.9 Å². The van der Waals surface area contributed by atoms with E-state index in [1.165, 1.54) is 115 Å². The summed E-state index contributed by atoms with van der Waals surface area (Å²) in [4.78, 5) is 0. The number of hydrogen-bond donors (Lipinski definition) is 0. The van der Waals surface area contributed by atoms with Gasteiger partial charge in [-0.25, -0.2) is 4.70 Å². The SMILES string of the molecule is CCCCCC1=C(c2cc(CCCC)cc(CCCC)c2)[N+](=[N-])C(c2cc(CCCC)cc(CCCC)c2)=C1CCCC.C[O][Pd][O]C. The Morgan fingerprint density at radius 1 is 0.458 bits per heavy atom. The molecule has 0 unspecified atom stereocenters. The van der Waals surface area contributed by atoms with E-state index in [0.29, 0.717) is 0 Å². The minimum atomic E-state index is 0.0444. The van der Waals surface area contributed by atoms with Crippen LogP contribution in [0, 0.1) is 0 Å². The van der Waals surface area contributed by atoms with Crippen molar-refractivity contribution in [2.24, 2.45) is 0 Å². The van der Waals surface area contributed by atoms with Gasteiger partial charge in [0.25, 0.3) is 0 Å². The zero-order valence-corrected chi connectivity index (χ0v) is 33.5. The van der Waals surface area contributed by atoms with E-state index in [-0.39, 0.29) is 18.7 Å². The fraction of sp³-hybridized carbons (Fsp3) is 0.628. The molecule has 2 aromatic rings. The van der Waals surface area contributed by atoms with Gasteiger partial charge in [0, 0.05) is 22.3 Å². The molecule has 1 heterocycles. The summed E-state index contributed by atoms with van der Waals surface area (Å²) in [5.41, 5.74) is 25.3. The summed E-state index contributed by atoms with van der Waals surface area (Å²) in [6.07, 6.45) is 22.0. The van der Waals surface area contributed by atoms with Crippen LogP contribution in [0.2, 0.25) is 0 Å². The number of hydrogen-bond acceptors (Lipinski definition) is 2. The summed E-state index contributed by atoms with van der Waals surface area (Å²) in [5.74, 6) is 0. The Morgan fingerprint density at radius 2 is 0.771 bits per heavy atom. The Hall–Kier alpha value is -1.90. The molecule has 0 fully saturated rings. The summed E-state index contributed by atoms with van der Waals surface area (Å²) in [6.45, 7) is 13.7. The molecule has 48 heavy (non-hydrogen) atoms. The molecular formula is C43H68N2O2Pd. The molecule has 1 aliphatic rings. The monoisotopic (exact) mass is 750 g/mol. The molecule has 2 aromatic carbocycles. The van der Waals surface area contributed by atoms with Crippen molar-refractivity contribution in [3.05, 3.63) is 86.5 Å². The van der Waals surface area contributed by atoms with E-state index in [4.69, 9.17) is 0 Å². The first-order chi connectivity index (χ1) is 23.4. The van der Waals surface area contributed by atoms with E-state index in [2.05, 4.69) is 84.9 Å². The van der Waals surface area contributed by atoms with E-state index >= 15 is 0 Å². The van der Waals surface area contributed by atoms with Crippen molar-refractivity contribution in [1.82, 2.24) is 0 Å². The molecule has 0 atom stereocenters. The summed E-state index contributed by atoms with van der Waals surface area (Å²) >= 11 is 0.0444. The predicted octanol–water partition coefficient (Wildman–Crippen LogP) is 13.2. The molecule has 0 saturated heterocycles. The van der Waals surface area contributed by atoms with Gasteiger partial charge >= 0.3 is 39.9 Å². The third-order valence-corrected chi connectivity index (χ3v) is 9.72. The second-order valence-corrected chi connectivity index (χ2v) is 14.9. The second kappa shape index (κ2) is 25.1. The quantitative estimate of drug-likeness (QED) is 0.0645. The molecule has 3 rings (SSSR count). The number of benzene rings is 2. The van der Waals surface area contributed by atoms with E-state index in [1.54, 1.807) is 18.9 Å². The van der Waals surface area contributed by atoms with Gasteiger partial charge in [-0.15, -0.1) is 0 Å². The van der Waals surface area contributed by atoms with E-state index in [1.807, 2.05) is 0 Å². The van der Waals surface area contributed by atoms with Gasteiger partial charge in [0.2, 0.25) is 11.4 Å². The van der Waals surface area contributed by atoms with E-state index < -0.39 is 0 Å². The Morgan fingerprint density at radius 3 is 1.06 bits per heavy atom. The summed E-state index contributed by atoms with van der Waals surface area (Å²) in [6, 6.07) is 14.5. The standard InChI is InChI=1S/C41H62N2.2CH3O.Pd/c1-7-13-19-25-39-38(24-18-12-6)40(36-28-32(20-14-8-2)26-33(29-36)21-15-9-3)43(42)41(39)37-30-34(22-16-10-4)27-35(31-37)23-17-11-5;2*1-2;/h26-31H,7-25H2,1-6H3;2*1H3;/q;2*-1;+2. The van der Waals surface area contributed by atoms with Crippen LogP contribution in [0.15, 0.2) is 47.5 Å². The second-order valence-electron chi connectivity index (χ2n) is 13.3. The molecule has 0 saturated carbocycles. The van der Waals surface area contributed by atoms with Crippen LogP contribution >= 0.6 is 0 Å². The van der Waals surface area contributed by atoms with Crippen LogP contribution in [0.3, 0.4) is 0 Å². The van der Waals surface area contributed by atoms with Gasteiger partial charge in [-0.1, -0.05) is 98.6 Å². The third kappa shape index (κ3) is 13.8. The molecule has 0 N–H and O–H groups in total. The van der Waals surface area contributed by atoms with Crippen LogP contribution < -0.4 is 0 Å². The molecule has 4 nitrogen and oxygen atoms in total. The number of allylic oxidation sites excluding steroid dienone is 2. The average molecular weight is 751 g/mol. The minimum absolute atomic E-state index is 0.0444. The van der Waals surface area contributed by atoms with E-state index in [9.17, 15) is 5.53 Å². The van der Waals surface area contributed by atoms with Crippen LogP contribution in [0.1, 0.15) is 171 Å². The first kappa shape index (κ1) is 42.3. The molecule has 0 amide bonds. The van der Waals surface area contributed by atoms with Crippen molar-refractivity contribution in [2.45, 2.75) is 164 Å². The molecular weight excluding hydrogens is 683 g/mol. The van der Waals surface area contributed by atoms with Crippen LogP contribution in [0.4, 0.5) is 0 Å². The number of aryl methyl sites for hydroxylation is 4. The third-order valence-electron chi connectivity index (χ3n) is 9.20. The van der Waals surface area contributed by atoms with Crippen molar-refractivity contribution < 1.29 is 30.3 Å². The zero-order valence-electron chi connectivity index (χ0n) is 31.9. The first-order valence-electron chi connectivity index (χ1n) is 19.3. The van der Waals surface area contributed by atoms with Gasteiger partial charge in [0.05, 0.1) is 0 Å². The van der Waals surface area contributed by atoms with Gasteiger partial charge in [-0.05, 0) is 124 Å². The molecule has 0 aliphatic carbocycles. The zero-order chi connectivity index (χ0) is 35.1. The molecule has 0 radical (unpaired) electrons. The number of nitrogens with zero attached hydrogens (tertiary/aromatic N) is 2. The molecule has 1 aliphatic heterocycles. The van der Waals surface area contributed by atoms with Crippen LogP contribution in [0.5, 0.6) is 0 Å². The van der Waals surface area contributed by atoms with Crippen LogP contribution in [-0.2, 0) is 51.3 Å². The summed E-state index contributed by atoms with van der Waals surface area (Å²) in [5, 5.41) is 0. The molecule has 0 aromatic heterocycles. The summed E-state index contributed by atoms with van der Waals surface area (Å²) in [7, 11) is 3.22. The van der Waals surface area contributed by atoms with Gasteiger partial charge in [0.15, 0.2) is 0 Å². The Bertz CT molecular complexity index is 1240. The fourth-order valence-corrected chi connectivity index (χ4v) is 6.90. The topological polar surface area (TPSA) is 43.8 Å². The average Bonchev–Trinajstić information content (AvgIpc) is 3.37. The molecule has 5 heteroatoms. The van der Waals surface area contributed by atoms with Gasteiger partial charge < -0.3 is 5.53 Å². The van der Waals surface area contributed by atoms with Crippen molar-refractivity contribution in [1.29, 1.82) is 0 Å². The number of rotatable bonds is 23. The van der Waals surface area contributed by atoms with Gasteiger partial charge in [0.1, 0.15) is 0 Å². The Labute approximate surface area is 304 Å². The van der Waals surface area contributed by atoms with Crippen molar-refractivity contribution in [3.8, 4) is 0 Å². The fourth-order valence-electron chi connectivity index (χ4n) is 6.64. The Balaban J connectivity index is 0.00000149. The first-order valence-corrected chi connectivity index (χ1v) is 20.6. The predicted molar refractivity (Wildman–Crippen MR) is 202 cm³/mol. The van der Waals surface area contributed by atoms with Crippen molar-refractivity contribution >= 4 is 11.4 Å².